The highest BCUT2D eigenvalue weighted by molar-refractivity contribution is 6.34. The van der Waals surface area contributed by atoms with E-state index >= 15 is 0 Å². The van der Waals surface area contributed by atoms with Crippen LogP contribution in [-0.4, -0.2) is 15.7 Å². The van der Waals surface area contributed by atoms with Crippen molar-refractivity contribution in [1.29, 1.82) is 0 Å². The Kier molecular flexibility index (Phi) is 3.59. The fourth-order valence-electron chi connectivity index (χ4n) is 2.86. The topological polar surface area (TPSA) is 72.9 Å². The van der Waals surface area contributed by atoms with E-state index in [0.717, 1.165) is 24.9 Å². The second kappa shape index (κ2) is 5.41. The van der Waals surface area contributed by atoms with E-state index < -0.39 is 5.91 Å². The van der Waals surface area contributed by atoms with E-state index in [1.165, 1.54) is 11.3 Å². The van der Waals surface area contributed by atoms with Crippen molar-refractivity contribution in [3.05, 3.63) is 46.2 Å². The van der Waals surface area contributed by atoms with Crippen LogP contribution in [0.4, 0.5) is 5.69 Å². The van der Waals surface area contributed by atoms with Crippen molar-refractivity contribution in [3.8, 4) is 0 Å². The van der Waals surface area contributed by atoms with Crippen molar-refractivity contribution < 1.29 is 4.79 Å². The first-order valence-electron chi connectivity index (χ1n) is 6.93. The molecular weight excluding hydrogens is 288 g/mol. The summed E-state index contributed by atoms with van der Waals surface area (Å²) in [5.41, 5.74) is 8.99. The molecular formula is C15H17ClN4O. The SMILES string of the molecule is Cn1ncc2c1CCCC2Nc1ccc(C(N)=O)c(Cl)c1. The molecule has 2 aromatic rings. The Morgan fingerprint density at radius 3 is 3.05 bits per heavy atom. The lowest BCUT2D eigenvalue weighted by molar-refractivity contribution is 0.100. The van der Waals surface area contributed by atoms with E-state index in [2.05, 4.69) is 10.4 Å². The summed E-state index contributed by atoms with van der Waals surface area (Å²) in [5, 5.41) is 8.17. The number of hydrogen-bond donors (Lipinski definition) is 2. The van der Waals surface area contributed by atoms with E-state index in [4.69, 9.17) is 17.3 Å². The Labute approximate surface area is 128 Å². The lowest BCUT2D eigenvalue weighted by Crippen LogP contribution is -2.18. The van der Waals surface area contributed by atoms with Crippen molar-refractivity contribution in [2.45, 2.75) is 25.3 Å². The van der Waals surface area contributed by atoms with Gasteiger partial charge in [-0.05, 0) is 37.5 Å². The van der Waals surface area contributed by atoms with E-state index in [0.29, 0.717) is 10.6 Å². The number of carbonyl (C=O) groups is 1. The average Bonchev–Trinajstić information content (AvgIpc) is 2.81. The monoisotopic (exact) mass is 304 g/mol. The number of anilines is 1. The van der Waals surface area contributed by atoms with Gasteiger partial charge in [0.2, 0.25) is 5.91 Å². The number of amides is 1. The van der Waals surface area contributed by atoms with E-state index in [9.17, 15) is 4.79 Å². The number of hydrogen-bond acceptors (Lipinski definition) is 3. The lowest BCUT2D eigenvalue weighted by atomic mass is 9.93. The van der Waals surface area contributed by atoms with Crippen LogP contribution in [0.3, 0.4) is 0 Å². The number of rotatable bonds is 3. The normalized spacial score (nSPS) is 17.3. The van der Waals surface area contributed by atoms with Crippen molar-refractivity contribution >= 4 is 23.2 Å². The van der Waals surface area contributed by atoms with Gasteiger partial charge >= 0.3 is 0 Å². The van der Waals surface area contributed by atoms with Crippen molar-refractivity contribution in [1.82, 2.24) is 9.78 Å². The van der Waals surface area contributed by atoms with Gasteiger partial charge < -0.3 is 11.1 Å². The van der Waals surface area contributed by atoms with Crippen LogP contribution in [-0.2, 0) is 13.5 Å². The Morgan fingerprint density at radius 1 is 1.52 bits per heavy atom. The number of halogens is 1. The number of nitrogens with zero attached hydrogens (tertiary/aromatic N) is 2. The highest BCUT2D eigenvalue weighted by atomic mass is 35.5. The molecule has 5 nitrogen and oxygen atoms in total. The maximum Gasteiger partial charge on any atom is 0.250 e. The van der Waals surface area contributed by atoms with Gasteiger partial charge in [-0.25, -0.2) is 0 Å². The van der Waals surface area contributed by atoms with Gasteiger partial charge in [-0.15, -0.1) is 0 Å². The minimum absolute atomic E-state index is 0.220. The summed E-state index contributed by atoms with van der Waals surface area (Å²) in [6.07, 6.45) is 5.15. The molecule has 0 fully saturated rings. The summed E-state index contributed by atoms with van der Waals surface area (Å²) in [7, 11) is 1.97. The largest absolute Gasteiger partial charge is 0.378 e. The zero-order valence-electron chi connectivity index (χ0n) is 11.8. The number of nitrogens with one attached hydrogen (secondary N) is 1. The van der Waals surface area contributed by atoms with Gasteiger partial charge in [0.1, 0.15) is 0 Å². The Morgan fingerprint density at radius 2 is 2.33 bits per heavy atom. The molecule has 0 radical (unpaired) electrons. The smallest absolute Gasteiger partial charge is 0.250 e. The van der Waals surface area contributed by atoms with Crippen LogP contribution in [0.1, 0.15) is 40.5 Å². The van der Waals surface area contributed by atoms with Gasteiger partial charge in [0.05, 0.1) is 22.8 Å². The van der Waals surface area contributed by atoms with E-state index in [1.807, 2.05) is 24.0 Å². The average molecular weight is 305 g/mol. The zero-order valence-corrected chi connectivity index (χ0v) is 12.5. The molecule has 1 aliphatic rings. The molecule has 1 aromatic heterocycles. The first kappa shape index (κ1) is 13.9. The number of aromatic nitrogens is 2. The van der Waals surface area contributed by atoms with Crippen LogP contribution in [0.5, 0.6) is 0 Å². The van der Waals surface area contributed by atoms with Crippen molar-refractivity contribution in [2.24, 2.45) is 12.8 Å². The first-order valence-corrected chi connectivity index (χ1v) is 7.30. The van der Waals surface area contributed by atoms with Crippen molar-refractivity contribution in [3.63, 3.8) is 0 Å². The maximum absolute atomic E-state index is 11.2. The maximum atomic E-state index is 11.2. The predicted octanol–water partition coefficient (Wildman–Crippen LogP) is 2.66. The fourth-order valence-corrected chi connectivity index (χ4v) is 3.14. The first-order chi connectivity index (χ1) is 10.1. The number of primary amides is 1. The van der Waals surface area contributed by atoms with Crippen LogP contribution in [0.25, 0.3) is 0 Å². The lowest BCUT2D eigenvalue weighted by Gasteiger charge is -2.25. The Bertz CT molecular complexity index is 695. The molecule has 1 aromatic carbocycles. The van der Waals surface area contributed by atoms with Crippen LogP contribution >= 0.6 is 11.6 Å². The Hall–Kier alpha value is -2.01. The molecule has 1 aliphatic carbocycles. The van der Waals surface area contributed by atoms with Gasteiger partial charge in [-0.3, -0.25) is 9.48 Å². The molecule has 3 N–H and O–H groups in total. The number of benzene rings is 1. The molecule has 0 saturated heterocycles. The molecule has 0 spiro atoms. The number of fused-ring (bicyclic) bond motifs is 1. The minimum atomic E-state index is -0.515. The second-order valence-corrected chi connectivity index (χ2v) is 5.73. The summed E-state index contributed by atoms with van der Waals surface area (Å²) in [4.78, 5) is 11.2. The molecule has 0 aliphatic heterocycles. The van der Waals surface area contributed by atoms with Gasteiger partial charge in [0.25, 0.3) is 0 Å². The highest BCUT2D eigenvalue weighted by Gasteiger charge is 2.23. The molecule has 6 heteroatoms. The van der Waals surface area contributed by atoms with Crippen LogP contribution in [0, 0.1) is 0 Å². The van der Waals surface area contributed by atoms with Crippen LogP contribution < -0.4 is 11.1 Å². The van der Waals surface area contributed by atoms with E-state index in [-0.39, 0.29) is 6.04 Å². The quantitative estimate of drug-likeness (QED) is 0.915. The molecule has 1 atom stereocenters. The number of carbonyl (C=O) groups excluding carboxylic acids is 1. The summed E-state index contributed by atoms with van der Waals surface area (Å²) in [5.74, 6) is -0.515. The summed E-state index contributed by atoms with van der Waals surface area (Å²) in [6.45, 7) is 0. The zero-order chi connectivity index (χ0) is 15.0. The predicted molar refractivity (Wildman–Crippen MR) is 82.5 cm³/mol. The summed E-state index contributed by atoms with van der Waals surface area (Å²) in [6, 6.07) is 5.45. The van der Waals surface area contributed by atoms with Gasteiger partial charge in [0.15, 0.2) is 0 Å². The number of nitrogens with two attached hydrogens (primary N) is 1. The fraction of sp³-hybridized carbons (Fsp3) is 0.333. The van der Waals surface area contributed by atoms with Crippen LogP contribution in [0.15, 0.2) is 24.4 Å². The van der Waals surface area contributed by atoms with E-state index in [1.54, 1.807) is 12.1 Å². The van der Waals surface area contributed by atoms with Gasteiger partial charge in [-0.1, -0.05) is 11.6 Å². The molecule has 1 unspecified atom stereocenters. The molecule has 3 rings (SSSR count). The summed E-state index contributed by atoms with van der Waals surface area (Å²) >= 11 is 6.09. The highest BCUT2D eigenvalue weighted by Crippen LogP contribution is 2.33. The standard InChI is InChI=1S/C15H17ClN4O/c1-20-14-4-2-3-13(11(14)8-18-20)19-9-5-6-10(15(17)21)12(16)7-9/h5-8,13,19H,2-4H2,1H3,(H2,17,21). The molecule has 21 heavy (non-hydrogen) atoms. The third kappa shape index (κ3) is 2.61. The third-order valence-electron chi connectivity index (χ3n) is 3.95. The van der Waals surface area contributed by atoms with Gasteiger partial charge in [0, 0.05) is 24.0 Å². The van der Waals surface area contributed by atoms with Crippen LogP contribution in [0.2, 0.25) is 5.02 Å². The Balaban J connectivity index is 1.85. The molecule has 1 amide bonds. The molecule has 1 heterocycles. The van der Waals surface area contributed by atoms with Gasteiger partial charge in [-0.2, -0.15) is 5.10 Å². The molecule has 0 bridgehead atoms. The minimum Gasteiger partial charge on any atom is -0.378 e. The third-order valence-corrected chi connectivity index (χ3v) is 4.26. The second-order valence-electron chi connectivity index (χ2n) is 5.32. The number of aryl methyl sites for hydroxylation is 1. The molecule has 110 valence electrons. The molecule has 0 saturated carbocycles. The summed E-state index contributed by atoms with van der Waals surface area (Å²) < 4.78 is 1.94. The van der Waals surface area contributed by atoms with Crippen molar-refractivity contribution in [2.75, 3.05) is 5.32 Å².